The minimum Gasteiger partial charge on any atom is -0.324 e. The third kappa shape index (κ3) is 2.27. The van der Waals surface area contributed by atoms with Gasteiger partial charge in [0.1, 0.15) is 17.4 Å². The Labute approximate surface area is 109 Å². The molecule has 0 bridgehead atoms. The number of nitriles is 1. The molecule has 1 aliphatic rings. The number of benzene rings is 1. The zero-order valence-electron chi connectivity index (χ0n) is 10.5. The van der Waals surface area contributed by atoms with Crippen LogP contribution in [0, 0.1) is 17.1 Å². The number of imide groups is 1. The van der Waals surface area contributed by atoms with Crippen molar-refractivity contribution in [3.8, 4) is 6.07 Å². The van der Waals surface area contributed by atoms with Crippen LogP contribution >= 0.6 is 0 Å². The van der Waals surface area contributed by atoms with E-state index in [1.54, 1.807) is 19.9 Å². The molecule has 0 atom stereocenters. The summed E-state index contributed by atoms with van der Waals surface area (Å²) in [5.41, 5.74) is -0.516. The number of nitrogens with one attached hydrogen (secondary N) is 1. The van der Waals surface area contributed by atoms with Gasteiger partial charge < -0.3 is 5.32 Å². The zero-order chi connectivity index (χ0) is 14.2. The zero-order valence-corrected chi connectivity index (χ0v) is 10.5. The van der Waals surface area contributed by atoms with E-state index in [1.807, 2.05) is 0 Å². The molecule has 98 valence electrons. The van der Waals surface area contributed by atoms with Crippen LogP contribution < -0.4 is 5.32 Å². The average molecular weight is 261 g/mol. The summed E-state index contributed by atoms with van der Waals surface area (Å²) in [4.78, 5) is 24.7. The van der Waals surface area contributed by atoms with Crippen LogP contribution in [-0.4, -0.2) is 22.4 Å². The second-order valence-corrected chi connectivity index (χ2v) is 4.87. The van der Waals surface area contributed by atoms with Crippen LogP contribution in [-0.2, 0) is 11.3 Å². The molecular weight excluding hydrogens is 249 g/mol. The normalized spacial score (nSPS) is 17.3. The highest BCUT2D eigenvalue weighted by atomic mass is 19.1. The van der Waals surface area contributed by atoms with Gasteiger partial charge in [0.2, 0.25) is 0 Å². The van der Waals surface area contributed by atoms with E-state index in [4.69, 9.17) is 5.26 Å². The fraction of sp³-hybridized carbons (Fsp3) is 0.308. The maximum absolute atomic E-state index is 13.2. The van der Waals surface area contributed by atoms with E-state index in [0.717, 1.165) is 11.0 Å². The summed E-state index contributed by atoms with van der Waals surface area (Å²) >= 11 is 0. The van der Waals surface area contributed by atoms with Gasteiger partial charge in [0.05, 0.1) is 12.1 Å². The summed E-state index contributed by atoms with van der Waals surface area (Å²) in [7, 11) is 0. The fourth-order valence-corrected chi connectivity index (χ4v) is 1.90. The molecule has 0 aromatic heterocycles. The second-order valence-electron chi connectivity index (χ2n) is 4.87. The first-order chi connectivity index (χ1) is 8.85. The van der Waals surface area contributed by atoms with Gasteiger partial charge in [-0.25, -0.2) is 9.18 Å². The summed E-state index contributed by atoms with van der Waals surface area (Å²) in [6.45, 7) is 3.24. The predicted molar refractivity (Wildman–Crippen MR) is 64.3 cm³/mol. The van der Waals surface area contributed by atoms with Gasteiger partial charge in [-0.3, -0.25) is 9.69 Å². The van der Waals surface area contributed by atoms with Crippen molar-refractivity contribution in [3.05, 3.63) is 35.1 Å². The molecule has 1 heterocycles. The molecule has 1 aromatic rings. The number of amides is 3. The lowest BCUT2D eigenvalue weighted by Crippen LogP contribution is -2.40. The van der Waals surface area contributed by atoms with Crippen LogP contribution in [0.1, 0.15) is 25.0 Å². The second kappa shape index (κ2) is 4.35. The molecule has 19 heavy (non-hydrogen) atoms. The standard InChI is InChI=1S/C13H12FN3O2/c1-13(2)11(18)17(12(19)16-13)7-8-3-4-10(14)9(5-8)6-15/h3-5H,7H2,1-2H3,(H,16,19). The minimum atomic E-state index is -0.935. The van der Waals surface area contributed by atoms with E-state index in [2.05, 4.69) is 5.32 Å². The molecular formula is C13H12FN3O2. The number of nitrogens with zero attached hydrogens (tertiary/aromatic N) is 2. The van der Waals surface area contributed by atoms with Gasteiger partial charge in [-0.2, -0.15) is 5.26 Å². The van der Waals surface area contributed by atoms with Gasteiger partial charge in [-0.1, -0.05) is 6.07 Å². The summed E-state index contributed by atoms with van der Waals surface area (Å²) in [5.74, 6) is -0.968. The van der Waals surface area contributed by atoms with Crippen molar-refractivity contribution in [2.24, 2.45) is 0 Å². The molecule has 1 saturated heterocycles. The fourth-order valence-electron chi connectivity index (χ4n) is 1.90. The lowest BCUT2D eigenvalue weighted by atomic mass is 10.1. The van der Waals surface area contributed by atoms with Crippen molar-refractivity contribution in [2.75, 3.05) is 0 Å². The van der Waals surface area contributed by atoms with Crippen LogP contribution in [0.4, 0.5) is 9.18 Å². The van der Waals surface area contributed by atoms with Crippen LogP contribution in [0.15, 0.2) is 18.2 Å². The highest BCUT2D eigenvalue weighted by Crippen LogP contribution is 2.20. The Morgan fingerprint density at radius 1 is 1.42 bits per heavy atom. The quantitative estimate of drug-likeness (QED) is 0.820. The Balaban J connectivity index is 2.25. The summed E-state index contributed by atoms with van der Waals surface area (Å²) in [5, 5.41) is 11.3. The maximum Gasteiger partial charge on any atom is 0.325 e. The lowest BCUT2D eigenvalue weighted by Gasteiger charge is -2.16. The molecule has 1 fully saturated rings. The highest BCUT2D eigenvalue weighted by Gasteiger charge is 2.44. The first-order valence-corrected chi connectivity index (χ1v) is 5.68. The van der Waals surface area contributed by atoms with Crippen molar-refractivity contribution in [3.63, 3.8) is 0 Å². The van der Waals surface area contributed by atoms with E-state index in [9.17, 15) is 14.0 Å². The van der Waals surface area contributed by atoms with Crippen molar-refractivity contribution < 1.29 is 14.0 Å². The molecule has 6 heteroatoms. The van der Waals surface area contributed by atoms with Gasteiger partial charge in [-0.15, -0.1) is 0 Å². The van der Waals surface area contributed by atoms with Crippen molar-refractivity contribution in [2.45, 2.75) is 25.9 Å². The minimum absolute atomic E-state index is 0.0169. The monoisotopic (exact) mass is 261 g/mol. The van der Waals surface area contributed by atoms with Gasteiger partial charge in [0, 0.05) is 0 Å². The van der Waals surface area contributed by atoms with Crippen LogP contribution in [0.3, 0.4) is 0 Å². The first kappa shape index (κ1) is 13.0. The number of rotatable bonds is 2. The van der Waals surface area contributed by atoms with Gasteiger partial charge in [0.15, 0.2) is 0 Å². The largest absolute Gasteiger partial charge is 0.325 e. The summed E-state index contributed by atoms with van der Waals surface area (Å²) in [6, 6.07) is 5.16. The third-order valence-electron chi connectivity index (χ3n) is 2.94. The molecule has 0 spiro atoms. The number of hydrogen-bond acceptors (Lipinski definition) is 3. The lowest BCUT2D eigenvalue weighted by molar-refractivity contribution is -0.130. The van der Waals surface area contributed by atoms with E-state index in [0.29, 0.717) is 5.56 Å². The van der Waals surface area contributed by atoms with Crippen LogP contribution in [0.2, 0.25) is 0 Å². The smallest absolute Gasteiger partial charge is 0.324 e. The van der Waals surface area contributed by atoms with Crippen molar-refractivity contribution in [1.82, 2.24) is 10.2 Å². The van der Waals surface area contributed by atoms with Crippen LogP contribution in [0.5, 0.6) is 0 Å². The molecule has 0 aliphatic carbocycles. The van der Waals surface area contributed by atoms with E-state index in [1.165, 1.54) is 12.1 Å². The Bertz CT molecular complexity index is 604. The third-order valence-corrected chi connectivity index (χ3v) is 2.94. The SMILES string of the molecule is CC1(C)NC(=O)N(Cc2ccc(F)c(C#N)c2)C1=O. The Morgan fingerprint density at radius 2 is 2.11 bits per heavy atom. The summed E-state index contributed by atoms with van der Waals surface area (Å²) in [6.07, 6.45) is 0. The molecule has 5 nitrogen and oxygen atoms in total. The van der Waals surface area contributed by atoms with E-state index in [-0.39, 0.29) is 18.0 Å². The number of carbonyl (C=O) groups excluding carboxylic acids is 2. The van der Waals surface area contributed by atoms with Gasteiger partial charge in [0.25, 0.3) is 5.91 Å². The molecule has 0 saturated carbocycles. The van der Waals surface area contributed by atoms with E-state index >= 15 is 0 Å². The topological polar surface area (TPSA) is 73.2 Å². The summed E-state index contributed by atoms with van der Waals surface area (Å²) < 4.78 is 13.2. The van der Waals surface area contributed by atoms with Crippen molar-refractivity contribution in [1.29, 1.82) is 5.26 Å². The molecule has 1 N–H and O–H groups in total. The van der Waals surface area contributed by atoms with E-state index < -0.39 is 17.4 Å². The number of hydrogen-bond donors (Lipinski definition) is 1. The first-order valence-electron chi connectivity index (χ1n) is 5.68. The molecule has 1 aliphatic heterocycles. The molecule has 0 radical (unpaired) electrons. The predicted octanol–water partition coefficient (Wildman–Crippen LogP) is 1.53. The Kier molecular flexibility index (Phi) is 2.98. The number of halogens is 1. The molecule has 2 rings (SSSR count). The number of carbonyl (C=O) groups is 2. The Morgan fingerprint density at radius 3 is 2.63 bits per heavy atom. The molecule has 0 unspecified atom stereocenters. The average Bonchev–Trinajstić information content (AvgIpc) is 2.53. The molecule has 1 aromatic carbocycles. The maximum atomic E-state index is 13.2. The number of urea groups is 1. The van der Waals surface area contributed by atoms with Crippen molar-refractivity contribution >= 4 is 11.9 Å². The molecule has 3 amide bonds. The highest BCUT2D eigenvalue weighted by molar-refractivity contribution is 6.06. The Hall–Kier alpha value is -2.42. The van der Waals surface area contributed by atoms with Gasteiger partial charge >= 0.3 is 6.03 Å². The van der Waals surface area contributed by atoms with Crippen LogP contribution in [0.25, 0.3) is 0 Å². The van der Waals surface area contributed by atoms with Gasteiger partial charge in [-0.05, 0) is 31.5 Å².